The number of carbonyl (C=O) groups excluding carboxylic acids is 2. The van der Waals surface area contributed by atoms with Gasteiger partial charge in [-0.25, -0.2) is 0 Å². The van der Waals surface area contributed by atoms with Crippen LogP contribution in [0.25, 0.3) is 0 Å². The summed E-state index contributed by atoms with van der Waals surface area (Å²) < 4.78 is 53.8. The number of hydrogen-bond acceptors (Lipinski definition) is 23. The average molecular weight is 1060 g/mol. The van der Waals surface area contributed by atoms with Gasteiger partial charge >= 0.3 is 5.97 Å². The monoisotopic (exact) mass is 1060 g/mol. The minimum Gasteiger partial charge on any atom is -0.462 e. The van der Waals surface area contributed by atoms with E-state index in [2.05, 4.69) is 19.9 Å². The summed E-state index contributed by atoms with van der Waals surface area (Å²) in [5.74, 6) is -0.639. The van der Waals surface area contributed by atoms with Gasteiger partial charge in [0.2, 0.25) is 0 Å². The number of rotatable bonds is 16. The summed E-state index contributed by atoms with van der Waals surface area (Å²) in [5, 5.41) is 126. The zero-order valence-corrected chi connectivity index (χ0v) is 43.0. The summed E-state index contributed by atoms with van der Waals surface area (Å²) in [6.45, 7) is 9.50. The average Bonchev–Trinajstić information content (AvgIpc) is 3.67. The molecular formula is C51H82O23. The van der Waals surface area contributed by atoms with Gasteiger partial charge in [-0.2, -0.15) is 0 Å². The Bertz CT molecular complexity index is 1940. The Hall–Kier alpha value is -1.92. The molecule has 23 heteroatoms. The first kappa shape index (κ1) is 58.2. The summed E-state index contributed by atoms with van der Waals surface area (Å²) in [6.07, 6.45) is -23.3. The molecule has 4 heterocycles. The second-order valence-electron chi connectivity index (χ2n) is 23.1. The molecule has 0 aromatic carbocycles. The molecule has 12 N–H and O–H groups in total. The van der Waals surface area contributed by atoms with Crippen molar-refractivity contribution in [1.82, 2.24) is 0 Å². The van der Waals surface area contributed by atoms with E-state index in [0.717, 1.165) is 19.3 Å². The molecule has 424 valence electrons. The molecule has 3 saturated carbocycles. The fraction of sp³-hybridized carbons (Fsp3) is 0.922. The van der Waals surface area contributed by atoms with E-state index in [0.29, 0.717) is 32.1 Å². The molecule has 4 aliphatic carbocycles. The summed E-state index contributed by atoms with van der Waals surface area (Å²) in [7, 11) is 0. The number of allylic oxidation sites excluding steroid dienone is 1. The van der Waals surface area contributed by atoms with Crippen LogP contribution in [0.15, 0.2) is 11.6 Å². The largest absolute Gasteiger partial charge is 0.462 e. The molecule has 74 heavy (non-hydrogen) atoms. The molecule has 1 unspecified atom stereocenters. The van der Waals surface area contributed by atoms with Gasteiger partial charge in [0.25, 0.3) is 0 Å². The van der Waals surface area contributed by atoms with E-state index in [1.165, 1.54) is 19.4 Å². The molecule has 8 aliphatic rings. The van der Waals surface area contributed by atoms with Crippen molar-refractivity contribution in [2.75, 3.05) is 19.8 Å². The van der Waals surface area contributed by atoms with Gasteiger partial charge in [0, 0.05) is 6.42 Å². The molecule has 4 aliphatic heterocycles. The van der Waals surface area contributed by atoms with Crippen molar-refractivity contribution in [3.63, 3.8) is 0 Å². The van der Waals surface area contributed by atoms with Gasteiger partial charge in [0.05, 0.1) is 44.1 Å². The number of ketones is 1. The van der Waals surface area contributed by atoms with Gasteiger partial charge in [-0.15, -0.1) is 0 Å². The molecule has 0 radical (unpaired) electrons. The predicted molar refractivity (Wildman–Crippen MR) is 250 cm³/mol. The van der Waals surface area contributed by atoms with Crippen LogP contribution in [0.1, 0.15) is 99.3 Å². The Kier molecular flexibility index (Phi) is 18.4. The number of carbonyl (C=O) groups is 2. The highest BCUT2D eigenvalue weighted by molar-refractivity contribution is 5.81. The topological polar surface area (TPSA) is 360 Å². The molecule has 0 aromatic heterocycles. The Balaban J connectivity index is 0.923. The second-order valence-corrected chi connectivity index (χ2v) is 23.1. The lowest BCUT2D eigenvalue weighted by Gasteiger charge is -2.58. The van der Waals surface area contributed by atoms with Crippen LogP contribution in [-0.4, -0.2) is 228 Å². The van der Waals surface area contributed by atoms with Crippen molar-refractivity contribution < 1.29 is 113 Å². The van der Waals surface area contributed by atoms with Gasteiger partial charge in [-0.3, -0.25) is 9.59 Å². The number of esters is 1. The number of fused-ring (bicyclic) bond motifs is 5. The van der Waals surface area contributed by atoms with Crippen LogP contribution in [0, 0.1) is 40.4 Å². The maximum Gasteiger partial charge on any atom is 0.306 e. The van der Waals surface area contributed by atoms with E-state index in [1.54, 1.807) is 6.92 Å². The summed E-state index contributed by atoms with van der Waals surface area (Å²) in [6, 6.07) is 0. The fourth-order valence-electron chi connectivity index (χ4n) is 13.9. The molecule has 4 saturated heterocycles. The van der Waals surface area contributed by atoms with E-state index in [-0.39, 0.29) is 47.9 Å². The normalized spacial score (nSPS) is 51.0. The highest BCUT2D eigenvalue weighted by atomic mass is 16.8. The number of aliphatic hydroxyl groups is 12. The first-order valence-corrected chi connectivity index (χ1v) is 26.6. The van der Waals surface area contributed by atoms with Gasteiger partial charge in [-0.1, -0.05) is 32.4 Å². The molecule has 0 amide bonds. The van der Waals surface area contributed by atoms with Crippen molar-refractivity contribution in [2.24, 2.45) is 40.4 Å². The fourth-order valence-corrected chi connectivity index (χ4v) is 13.9. The zero-order valence-electron chi connectivity index (χ0n) is 43.0. The third kappa shape index (κ3) is 11.2. The summed E-state index contributed by atoms with van der Waals surface area (Å²) in [5.41, 5.74) is 0.515. The zero-order chi connectivity index (χ0) is 53.9. The maximum atomic E-state index is 13.5. The predicted octanol–water partition coefficient (Wildman–Crippen LogP) is -2.20. The van der Waals surface area contributed by atoms with Crippen LogP contribution in [-0.2, 0) is 52.2 Å². The van der Waals surface area contributed by atoms with Crippen molar-refractivity contribution in [3.8, 4) is 0 Å². The molecule has 29 atom stereocenters. The van der Waals surface area contributed by atoms with Crippen molar-refractivity contribution in [3.05, 3.63) is 11.6 Å². The lowest BCUT2D eigenvalue weighted by atomic mass is 9.47. The van der Waals surface area contributed by atoms with Crippen molar-refractivity contribution >= 4 is 11.8 Å². The standard InChI is InChI=1S/C51H82O23/c1-20(19-66-46-40(62)39(61)36(58)30(17-52)71-46)7-10-32(55)70-29-16-28-26-9-8-24-15-25(11-13-50(24,5)27(26)12-14-51(28,6)33(29)21(2)54)69-49-45(74-48-42(64)38(60)35(57)23(4)68-48)43(65)44(31(18-53)72-49)73-47-41(63)37(59)34(56)22(3)67-47/h8,20,22-23,25-31,33-49,52-53,56-65H,7,9-19H2,1-6H3/t20?,22-,23-,25-,26+,27-,28-,29-,30+,31+,33-,34-,35-,36+,37+,38+,39-,40+,41+,42+,43-,44+,45+,46+,47-,48-,49+,50-,51-/m0/s1. The molecule has 8 rings (SSSR count). The van der Waals surface area contributed by atoms with Crippen LogP contribution >= 0.6 is 0 Å². The molecule has 0 spiro atoms. The van der Waals surface area contributed by atoms with E-state index < -0.39 is 166 Å². The van der Waals surface area contributed by atoms with Crippen LogP contribution in [0.4, 0.5) is 0 Å². The Morgan fingerprint density at radius 2 is 1.26 bits per heavy atom. The first-order chi connectivity index (χ1) is 34.9. The van der Waals surface area contributed by atoms with Crippen LogP contribution in [0.2, 0.25) is 0 Å². The molecule has 7 fully saturated rings. The van der Waals surface area contributed by atoms with E-state index in [9.17, 15) is 70.9 Å². The first-order valence-electron chi connectivity index (χ1n) is 26.6. The van der Waals surface area contributed by atoms with Crippen LogP contribution in [0.3, 0.4) is 0 Å². The Labute approximate surface area is 430 Å². The third-order valence-electron chi connectivity index (χ3n) is 18.3. The van der Waals surface area contributed by atoms with Crippen LogP contribution in [0.5, 0.6) is 0 Å². The Morgan fingerprint density at radius 3 is 1.86 bits per heavy atom. The van der Waals surface area contributed by atoms with E-state index in [4.69, 9.17) is 42.6 Å². The van der Waals surface area contributed by atoms with Gasteiger partial charge in [0.15, 0.2) is 25.2 Å². The highest BCUT2D eigenvalue weighted by Crippen LogP contribution is 2.67. The van der Waals surface area contributed by atoms with Gasteiger partial charge < -0.3 is 104 Å². The molecule has 0 aromatic rings. The SMILES string of the molecule is CC(=O)[C@H]1[C@@H](OC(=O)CCC(C)CO[C@@H]2O[C@H](CO)[C@@H](O)[C@H](O)[C@H]2O)C[C@H]2[C@@H]3CC=C4C[C@@H](O[C@@H]5O[C@H](CO)[C@@H](O[C@@H]6O[C@@H](C)[C@H](O)[C@@H](O)[C@H]6O)[C@H](O)[C@H]5O[C@@H]5O[C@@H](C)[C@H](O)[C@@H](O)[C@H]5O)CC[C@]4(C)[C@H]3CC[C@@]21C. The number of Topliss-reactive ketones (excluding diaryl/α,β-unsaturated/α-hetero) is 1. The summed E-state index contributed by atoms with van der Waals surface area (Å²) >= 11 is 0. The maximum absolute atomic E-state index is 13.5. The lowest BCUT2D eigenvalue weighted by molar-refractivity contribution is -0.388. The number of aliphatic hydroxyl groups excluding tert-OH is 12. The minimum absolute atomic E-state index is 0.0249. The second kappa shape index (κ2) is 23.4. The summed E-state index contributed by atoms with van der Waals surface area (Å²) in [4.78, 5) is 27.0. The smallest absolute Gasteiger partial charge is 0.306 e. The van der Waals surface area contributed by atoms with Crippen molar-refractivity contribution in [1.29, 1.82) is 0 Å². The molecule has 23 nitrogen and oxygen atoms in total. The minimum atomic E-state index is -1.77. The van der Waals surface area contributed by atoms with Gasteiger partial charge in [-0.05, 0) is 107 Å². The van der Waals surface area contributed by atoms with Crippen molar-refractivity contribution in [2.45, 2.75) is 234 Å². The molecular weight excluding hydrogens is 981 g/mol. The van der Waals surface area contributed by atoms with Crippen LogP contribution < -0.4 is 0 Å². The lowest BCUT2D eigenvalue weighted by Crippen LogP contribution is -2.66. The van der Waals surface area contributed by atoms with Gasteiger partial charge in [0.1, 0.15) is 97.3 Å². The quantitative estimate of drug-likeness (QED) is 0.0576. The highest BCUT2D eigenvalue weighted by Gasteiger charge is 2.64. The van der Waals surface area contributed by atoms with E-state index in [1.807, 2.05) is 6.92 Å². The third-order valence-corrected chi connectivity index (χ3v) is 18.3. The number of ether oxygens (including phenoxy) is 9. The number of hydrogen-bond donors (Lipinski definition) is 12. The van der Waals surface area contributed by atoms with E-state index >= 15 is 0 Å². The Morgan fingerprint density at radius 1 is 0.676 bits per heavy atom. The molecule has 0 bridgehead atoms.